The van der Waals surface area contributed by atoms with Crippen LogP contribution in [0.25, 0.3) is 10.8 Å². The molecule has 0 fully saturated rings. The zero-order valence-corrected chi connectivity index (χ0v) is 17.2. The minimum atomic E-state index is -0.157. The van der Waals surface area contributed by atoms with E-state index in [0.717, 1.165) is 33.3 Å². The van der Waals surface area contributed by atoms with Crippen molar-refractivity contribution in [1.29, 1.82) is 0 Å². The molecule has 4 aromatic rings. The molecule has 2 amide bonds. The lowest BCUT2D eigenvalue weighted by Gasteiger charge is -2.07. The quantitative estimate of drug-likeness (QED) is 0.489. The van der Waals surface area contributed by atoms with E-state index in [4.69, 9.17) is 0 Å². The number of nitrogens with one attached hydrogen (secondary N) is 2. The number of nitrogens with zero attached hydrogens (tertiary/aromatic N) is 2. The normalized spacial score (nSPS) is 14.5. The fourth-order valence-electron chi connectivity index (χ4n) is 3.61. The lowest BCUT2D eigenvalue weighted by Crippen LogP contribution is -2.23. The van der Waals surface area contributed by atoms with Crippen molar-refractivity contribution in [2.75, 3.05) is 5.32 Å². The van der Waals surface area contributed by atoms with Crippen LogP contribution < -0.4 is 10.6 Å². The minimum Gasteiger partial charge on any atom is -0.346 e. The van der Waals surface area contributed by atoms with Gasteiger partial charge in [0.05, 0.1) is 12.2 Å². The van der Waals surface area contributed by atoms with Gasteiger partial charge in [-0.2, -0.15) is 0 Å². The first kappa shape index (κ1) is 19.6. The Morgan fingerprint density at radius 1 is 0.875 bits per heavy atom. The monoisotopic (exact) mass is 420 g/mol. The van der Waals surface area contributed by atoms with Gasteiger partial charge < -0.3 is 10.6 Å². The van der Waals surface area contributed by atoms with Crippen LogP contribution in [-0.4, -0.2) is 21.8 Å². The van der Waals surface area contributed by atoms with E-state index in [1.54, 1.807) is 30.7 Å². The highest BCUT2D eigenvalue weighted by Gasteiger charge is 2.32. The van der Waals surface area contributed by atoms with E-state index >= 15 is 0 Å². The minimum absolute atomic E-state index is 0.0229. The van der Waals surface area contributed by atoms with E-state index in [2.05, 4.69) is 20.6 Å². The number of pyridine rings is 2. The van der Waals surface area contributed by atoms with E-state index in [0.29, 0.717) is 12.1 Å². The molecule has 6 heteroatoms. The predicted octanol–water partition coefficient (Wildman–Crippen LogP) is 4.22. The Morgan fingerprint density at radius 3 is 2.56 bits per heavy atom. The van der Waals surface area contributed by atoms with Gasteiger partial charge in [0.25, 0.3) is 11.8 Å². The number of amides is 2. The highest BCUT2D eigenvalue weighted by atomic mass is 16.2. The molecule has 1 aliphatic carbocycles. The molecule has 0 unspecified atom stereocenters. The number of hydrogen-bond acceptors (Lipinski definition) is 4. The van der Waals surface area contributed by atoms with Crippen molar-refractivity contribution in [3.05, 3.63) is 114 Å². The van der Waals surface area contributed by atoms with Crippen LogP contribution in [0.2, 0.25) is 0 Å². The summed E-state index contributed by atoms with van der Waals surface area (Å²) in [4.78, 5) is 33.3. The number of aromatic nitrogens is 2. The fraction of sp³-hybridized carbons (Fsp3) is 0.0769. The van der Waals surface area contributed by atoms with Gasteiger partial charge in [-0.05, 0) is 53.4 Å². The number of allylic oxidation sites excluding steroid dienone is 1. The third-order valence-electron chi connectivity index (χ3n) is 5.42. The first-order valence-corrected chi connectivity index (χ1v) is 10.3. The smallest absolute Gasteiger partial charge is 0.252 e. The second-order valence-electron chi connectivity index (χ2n) is 7.62. The van der Waals surface area contributed by atoms with Crippen molar-refractivity contribution in [1.82, 2.24) is 15.3 Å². The standard InChI is InChI=1S/C26H20N4O2/c31-25(29-16-22-3-1-2-11-28-22)18-6-4-17(5-7-18)23-14-24(23)26(32)30-21-9-8-20-15-27-12-10-19(20)13-21/h1-15,23H,16H2,(H,29,31)(H,30,32)/t23-/m0/s1. The lowest BCUT2D eigenvalue weighted by molar-refractivity contribution is -0.112. The maximum Gasteiger partial charge on any atom is 0.252 e. The zero-order valence-electron chi connectivity index (χ0n) is 17.2. The molecule has 1 atom stereocenters. The van der Waals surface area contributed by atoms with Gasteiger partial charge in [-0.1, -0.05) is 30.3 Å². The lowest BCUT2D eigenvalue weighted by atomic mass is 10.0. The second-order valence-corrected chi connectivity index (χ2v) is 7.62. The van der Waals surface area contributed by atoms with Crippen molar-refractivity contribution in [2.24, 2.45) is 0 Å². The molecule has 2 aromatic heterocycles. The largest absolute Gasteiger partial charge is 0.346 e. The topological polar surface area (TPSA) is 84.0 Å². The van der Waals surface area contributed by atoms with Gasteiger partial charge in [0.1, 0.15) is 0 Å². The van der Waals surface area contributed by atoms with Gasteiger partial charge >= 0.3 is 0 Å². The van der Waals surface area contributed by atoms with Gasteiger partial charge in [-0.3, -0.25) is 19.6 Å². The van der Waals surface area contributed by atoms with Gasteiger partial charge in [-0.15, -0.1) is 0 Å². The molecule has 2 N–H and O–H groups in total. The predicted molar refractivity (Wildman–Crippen MR) is 123 cm³/mol. The molecule has 0 saturated heterocycles. The highest BCUT2D eigenvalue weighted by molar-refractivity contribution is 6.09. The van der Waals surface area contributed by atoms with E-state index < -0.39 is 0 Å². The summed E-state index contributed by atoms with van der Waals surface area (Å²) in [5.41, 5.74) is 3.84. The molecule has 0 spiro atoms. The maximum atomic E-state index is 12.6. The summed E-state index contributed by atoms with van der Waals surface area (Å²) in [5.74, 6) is -0.290. The molecular weight excluding hydrogens is 400 g/mol. The summed E-state index contributed by atoms with van der Waals surface area (Å²) in [7, 11) is 0. The molecule has 1 aliphatic rings. The summed E-state index contributed by atoms with van der Waals surface area (Å²) in [6.07, 6.45) is 7.15. The third-order valence-corrected chi connectivity index (χ3v) is 5.42. The molecule has 0 saturated carbocycles. The number of fused-ring (bicyclic) bond motifs is 1. The van der Waals surface area contributed by atoms with Crippen molar-refractivity contribution in [3.63, 3.8) is 0 Å². The molecule has 32 heavy (non-hydrogen) atoms. The molecule has 0 radical (unpaired) electrons. The summed E-state index contributed by atoms with van der Waals surface area (Å²) in [6.45, 7) is 0.376. The molecule has 2 aromatic carbocycles. The molecule has 0 aliphatic heterocycles. The molecular formula is C26H20N4O2. The summed E-state index contributed by atoms with van der Waals surface area (Å²) in [6, 6.07) is 20.6. The van der Waals surface area contributed by atoms with Crippen LogP contribution in [0, 0.1) is 0 Å². The van der Waals surface area contributed by atoms with Gasteiger partial charge in [0.2, 0.25) is 0 Å². The number of benzene rings is 2. The molecule has 2 heterocycles. The first-order chi connectivity index (χ1) is 15.7. The molecule has 0 bridgehead atoms. The second kappa shape index (κ2) is 8.43. The van der Waals surface area contributed by atoms with E-state index in [1.165, 1.54) is 0 Å². The van der Waals surface area contributed by atoms with Gasteiger partial charge in [0.15, 0.2) is 0 Å². The van der Waals surface area contributed by atoms with Crippen LogP contribution in [0.4, 0.5) is 5.69 Å². The summed E-state index contributed by atoms with van der Waals surface area (Å²) >= 11 is 0. The van der Waals surface area contributed by atoms with Crippen LogP contribution in [0.3, 0.4) is 0 Å². The summed E-state index contributed by atoms with van der Waals surface area (Å²) < 4.78 is 0. The zero-order chi connectivity index (χ0) is 21.9. The SMILES string of the molecule is O=C(Nc1ccc2cnccc2c1)C1=C[C@H]1c1ccc(C(=O)NCc2ccccn2)cc1. The van der Waals surface area contributed by atoms with Crippen LogP contribution in [0.15, 0.2) is 97.0 Å². The number of carbonyl (C=O) groups is 2. The Morgan fingerprint density at radius 2 is 1.75 bits per heavy atom. The van der Waals surface area contributed by atoms with Crippen molar-refractivity contribution >= 4 is 28.3 Å². The van der Waals surface area contributed by atoms with Crippen LogP contribution in [0.1, 0.15) is 27.5 Å². The Hall–Kier alpha value is -4.32. The highest BCUT2D eigenvalue weighted by Crippen LogP contribution is 2.40. The third kappa shape index (κ3) is 4.25. The van der Waals surface area contributed by atoms with Gasteiger partial charge in [0, 0.05) is 46.7 Å². The summed E-state index contributed by atoms with van der Waals surface area (Å²) in [5, 5.41) is 7.87. The Labute approximate surface area is 185 Å². The average Bonchev–Trinajstić information content (AvgIpc) is 3.64. The average molecular weight is 420 g/mol. The number of anilines is 1. The molecule has 6 nitrogen and oxygen atoms in total. The Bertz CT molecular complexity index is 1330. The Kier molecular flexibility index (Phi) is 5.17. The van der Waals surface area contributed by atoms with E-state index in [9.17, 15) is 9.59 Å². The molecule has 5 rings (SSSR count). The van der Waals surface area contributed by atoms with E-state index in [1.807, 2.05) is 60.7 Å². The van der Waals surface area contributed by atoms with Gasteiger partial charge in [-0.25, -0.2) is 0 Å². The van der Waals surface area contributed by atoms with Crippen molar-refractivity contribution < 1.29 is 9.59 Å². The van der Waals surface area contributed by atoms with Crippen LogP contribution in [0.5, 0.6) is 0 Å². The maximum absolute atomic E-state index is 12.6. The number of carbonyl (C=O) groups excluding carboxylic acids is 2. The van der Waals surface area contributed by atoms with Crippen LogP contribution in [-0.2, 0) is 11.3 Å². The van der Waals surface area contributed by atoms with Crippen LogP contribution >= 0.6 is 0 Å². The van der Waals surface area contributed by atoms with Crippen molar-refractivity contribution in [2.45, 2.75) is 12.5 Å². The van der Waals surface area contributed by atoms with E-state index in [-0.39, 0.29) is 17.7 Å². The van der Waals surface area contributed by atoms with Crippen molar-refractivity contribution in [3.8, 4) is 0 Å². The number of rotatable bonds is 6. The Balaban J connectivity index is 1.17. The first-order valence-electron chi connectivity index (χ1n) is 10.3. The molecule has 156 valence electrons. The fourth-order valence-corrected chi connectivity index (χ4v) is 3.61. The number of hydrogen-bond donors (Lipinski definition) is 2.